The molecule has 0 aromatic heterocycles. The lowest BCUT2D eigenvalue weighted by atomic mass is 9.96. The number of benzene rings is 2. The van der Waals surface area contributed by atoms with Crippen molar-refractivity contribution in [3.8, 4) is 17.2 Å². The van der Waals surface area contributed by atoms with E-state index in [-0.39, 0.29) is 11.9 Å². The van der Waals surface area contributed by atoms with Crippen molar-refractivity contribution >= 4 is 12.1 Å². The van der Waals surface area contributed by atoms with Gasteiger partial charge in [-0.05, 0) is 17.7 Å². The predicted molar refractivity (Wildman–Crippen MR) is 94.3 cm³/mol. The minimum atomic E-state index is -0.0314. The highest BCUT2D eigenvalue weighted by molar-refractivity contribution is 5.89. The Morgan fingerprint density at radius 2 is 1.72 bits per heavy atom. The summed E-state index contributed by atoms with van der Waals surface area (Å²) in [5.41, 5.74) is 1.77. The Labute approximate surface area is 146 Å². The van der Waals surface area contributed by atoms with Crippen LogP contribution in [0.3, 0.4) is 0 Å². The molecule has 1 aliphatic heterocycles. The Morgan fingerprint density at radius 3 is 2.32 bits per heavy atom. The molecule has 0 radical (unpaired) electrons. The van der Waals surface area contributed by atoms with Crippen LogP contribution < -0.4 is 14.2 Å². The summed E-state index contributed by atoms with van der Waals surface area (Å²) < 4.78 is 16.1. The summed E-state index contributed by atoms with van der Waals surface area (Å²) in [6, 6.07) is 13.4. The zero-order valence-corrected chi connectivity index (χ0v) is 14.4. The molecule has 0 bridgehead atoms. The normalized spacial score (nSPS) is 16.7. The van der Waals surface area contributed by atoms with Crippen molar-refractivity contribution in [2.24, 2.45) is 5.10 Å². The second-order valence-corrected chi connectivity index (χ2v) is 5.54. The van der Waals surface area contributed by atoms with Crippen molar-refractivity contribution in [1.82, 2.24) is 5.01 Å². The number of nitrogens with zero attached hydrogens (tertiary/aromatic N) is 2. The second kappa shape index (κ2) is 7.25. The third-order valence-corrected chi connectivity index (χ3v) is 4.16. The van der Waals surface area contributed by atoms with Crippen LogP contribution in [-0.4, -0.2) is 38.5 Å². The van der Waals surface area contributed by atoms with E-state index >= 15 is 0 Å². The molecule has 0 unspecified atom stereocenters. The number of rotatable bonds is 6. The van der Waals surface area contributed by atoms with Gasteiger partial charge in [0, 0.05) is 5.56 Å². The van der Waals surface area contributed by atoms with Gasteiger partial charge < -0.3 is 14.2 Å². The Bertz CT molecular complexity index is 790. The van der Waals surface area contributed by atoms with Crippen molar-refractivity contribution in [1.29, 1.82) is 0 Å². The highest BCUT2D eigenvalue weighted by Gasteiger charge is 2.37. The highest BCUT2D eigenvalue weighted by atomic mass is 16.5. The van der Waals surface area contributed by atoms with E-state index < -0.39 is 0 Å². The van der Waals surface area contributed by atoms with Gasteiger partial charge >= 0.3 is 0 Å². The predicted octanol–water partition coefficient (Wildman–Crippen LogP) is 3.02. The van der Waals surface area contributed by atoms with Crippen molar-refractivity contribution in [3.63, 3.8) is 0 Å². The fraction of sp³-hybridized carbons (Fsp3) is 0.263. The Kier molecular flexibility index (Phi) is 4.88. The minimum absolute atomic E-state index is 0.00968. The van der Waals surface area contributed by atoms with Crippen molar-refractivity contribution < 1.29 is 19.0 Å². The standard InChI is InChI=1S/C19H20N2O4/c1-23-16-10-9-14(18(24-2)19(16)25-3)12-20-21-15(11-17(21)22)13-7-5-4-6-8-13/h4-10,12,15H,11H2,1-3H3/b20-12-/t15-/m1/s1. The molecule has 1 atom stereocenters. The van der Waals surface area contributed by atoms with Crippen LogP contribution >= 0.6 is 0 Å². The first-order chi connectivity index (χ1) is 12.2. The average Bonchev–Trinajstić information content (AvgIpc) is 2.65. The summed E-state index contributed by atoms with van der Waals surface area (Å²) in [5, 5.41) is 5.85. The second-order valence-electron chi connectivity index (χ2n) is 5.54. The summed E-state index contributed by atoms with van der Waals surface area (Å²) in [7, 11) is 4.66. The quantitative estimate of drug-likeness (QED) is 0.599. The van der Waals surface area contributed by atoms with Crippen molar-refractivity contribution in [2.75, 3.05) is 21.3 Å². The molecule has 25 heavy (non-hydrogen) atoms. The summed E-state index contributed by atoms with van der Waals surface area (Å²) in [5.74, 6) is 1.56. The molecule has 1 amide bonds. The van der Waals surface area contributed by atoms with Gasteiger partial charge in [-0.15, -0.1) is 0 Å². The van der Waals surface area contributed by atoms with E-state index in [2.05, 4.69) is 5.10 Å². The molecular formula is C19H20N2O4. The van der Waals surface area contributed by atoms with E-state index in [1.54, 1.807) is 33.6 Å². The van der Waals surface area contributed by atoms with Gasteiger partial charge in [-0.1, -0.05) is 30.3 Å². The third-order valence-electron chi connectivity index (χ3n) is 4.16. The molecule has 6 nitrogen and oxygen atoms in total. The van der Waals surface area contributed by atoms with Gasteiger partial charge in [0.1, 0.15) is 0 Å². The molecule has 0 aliphatic carbocycles. The van der Waals surface area contributed by atoms with E-state index in [9.17, 15) is 4.79 Å². The van der Waals surface area contributed by atoms with E-state index in [0.29, 0.717) is 29.2 Å². The molecule has 1 heterocycles. The van der Waals surface area contributed by atoms with Gasteiger partial charge in [-0.25, -0.2) is 5.01 Å². The molecule has 6 heteroatoms. The summed E-state index contributed by atoms with van der Waals surface area (Å²) in [6.07, 6.45) is 2.07. The molecule has 1 fully saturated rings. The molecule has 1 saturated heterocycles. The smallest absolute Gasteiger partial charge is 0.245 e. The maximum absolute atomic E-state index is 11.9. The number of methoxy groups -OCH3 is 3. The number of carbonyl (C=O) groups is 1. The first-order valence-corrected chi connectivity index (χ1v) is 7.89. The number of amides is 1. The molecule has 2 aromatic rings. The van der Waals surface area contributed by atoms with Crippen LogP contribution in [-0.2, 0) is 4.79 Å². The van der Waals surface area contributed by atoms with E-state index in [1.807, 2.05) is 36.4 Å². The molecule has 3 rings (SSSR count). The lowest BCUT2D eigenvalue weighted by molar-refractivity contribution is -0.146. The van der Waals surface area contributed by atoms with Crippen LogP contribution in [0.1, 0.15) is 23.6 Å². The lowest BCUT2D eigenvalue weighted by Crippen LogP contribution is -2.42. The maximum Gasteiger partial charge on any atom is 0.245 e. The fourth-order valence-electron chi connectivity index (χ4n) is 2.84. The molecule has 2 aromatic carbocycles. The number of hydrogen-bond acceptors (Lipinski definition) is 5. The minimum Gasteiger partial charge on any atom is -0.493 e. The Morgan fingerprint density at radius 1 is 1.00 bits per heavy atom. The van der Waals surface area contributed by atoms with Gasteiger partial charge in [0.05, 0.1) is 40.0 Å². The van der Waals surface area contributed by atoms with Gasteiger partial charge in [0.2, 0.25) is 11.7 Å². The highest BCUT2D eigenvalue weighted by Crippen LogP contribution is 2.39. The SMILES string of the molecule is COc1ccc(/C=N\N2C(=O)C[C@@H]2c2ccccc2)c(OC)c1OC. The monoisotopic (exact) mass is 340 g/mol. The molecule has 130 valence electrons. The number of hydrazone groups is 1. The summed E-state index contributed by atoms with van der Waals surface area (Å²) >= 11 is 0. The van der Waals surface area contributed by atoms with Crippen LogP contribution in [0.2, 0.25) is 0 Å². The number of carbonyl (C=O) groups excluding carboxylic acids is 1. The van der Waals surface area contributed by atoms with Crippen LogP contribution in [0.4, 0.5) is 0 Å². The van der Waals surface area contributed by atoms with Crippen molar-refractivity contribution in [2.45, 2.75) is 12.5 Å². The number of β-lactam (4-membered cyclic amide) rings is 1. The lowest BCUT2D eigenvalue weighted by Gasteiger charge is -2.36. The third kappa shape index (κ3) is 3.15. The van der Waals surface area contributed by atoms with Crippen LogP contribution in [0, 0.1) is 0 Å². The fourth-order valence-corrected chi connectivity index (χ4v) is 2.84. The molecular weight excluding hydrogens is 320 g/mol. The molecule has 1 aliphatic rings. The largest absolute Gasteiger partial charge is 0.493 e. The number of hydrogen-bond donors (Lipinski definition) is 0. The van der Waals surface area contributed by atoms with E-state index in [1.165, 1.54) is 5.01 Å². The van der Waals surface area contributed by atoms with Gasteiger partial charge in [-0.2, -0.15) is 5.10 Å². The van der Waals surface area contributed by atoms with Crippen LogP contribution in [0.25, 0.3) is 0 Å². The number of ether oxygens (including phenoxy) is 3. The van der Waals surface area contributed by atoms with E-state index in [4.69, 9.17) is 14.2 Å². The summed E-state index contributed by atoms with van der Waals surface area (Å²) in [4.78, 5) is 11.9. The first-order valence-electron chi connectivity index (χ1n) is 7.89. The molecule has 0 saturated carbocycles. The summed E-state index contributed by atoms with van der Waals surface area (Å²) in [6.45, 7) is 0. The zero-order chi connectivity index (χ0) is 17.8. The Balaban J connectivity index is 1.87. The van der Waals surface area contributed by atoms with Crippen LogP contribution in [0.15, 0.2) is 47.6 Å². The van der Waals surface area contributed by atoms with Gasteiger partial charge in [0.15, 0.2) is 11.5 Å². The zero-order valence-electron chi connectivity index (χ0n) is 14.4. The van der Waals surface area contributed by atoms with E-state index in [0.717, 1.165) is 5.56 Å². The topological polar surface area (TPSA) is 60.4 Å². The van der Waals surface area contributed by atoms with Gasteiger partial charge in [0.25, 0.3) is 0 Å². The van der Waals surface area contributed by atoms with Crippen LogP contribution in [0.5, 0.6) is 17.2 Å². The molecule has 0 spiro atoms. The maximum atomic E-state index is 11.9. The van der Waals surface area contributed by atoms with Crippen molar-refractivity contribution in [3.05, 3.63) is 53.6 Å². The molecule has 0 N–H and O–H groups in total. The average molecular weight is 340 g/mol. The Hall–Kier alpha value is -3.02. The van der Waals surface area contributed by atoms with Gasteiger partial charge in [-0.3, -0.25) is 4.79 Å². The first kappa shape index (κ1) is 16.8.